The van der Waals surface area contributed by atoms with Gasteiger partial charge in [0.25, 0.3) is 5.69 Å². The normalized spacial score (nSPS) is 11.1. The van der Waals surface area contributed by atoms with E-state index in [4.69, 9.17) is 4.74 Å². The zero-order chi connectivity index (χ0) is 16.1. The van der Waals surface area contributed by atoms with Gasteiger partial charge in [-0.05, 0) is 31.2 Å². The molecule has 22 heavy (non-hydrogen) atoms. The van der Waals surface area contributed by atoms with Crippen LogP contribution in [0.2, 0.25) is 0 Å². The first-order chi connectivity index (χ1) is 10.5. The van der Waals surface area contributed by atoms with Gasteiger partial charge in [-0.15, -0.1) is 0 Å². The zero-order valence-electron chi connectivity index (χ0n) is 12.1. The average molecular weight is 301 g/mol. The summed E-state index contributed by atoms with van der Waals surface area (Å²) >= 11 is 0. The number of aromatic hydroxyl groups is 1. The predicted molar refractivity (Wildman–Crippen MR) is 83.6 cm³/mol. The quantitative estimate of drug-likeness (QED) is 0.502. The maximum atomic E-state index is 10.7. The van der Waals surface area contributed by atoms with Gasteiger partial charge in [0.1, 0.15) is 11.5 Å². The van der Waals surface area contributed by atoms with Gasteiger partial charge in [-0.25, -0.2) is 0 Å². The molecule has 114 valence electrons. The summed E-state index contributed by atoms with van der Waals surface area (Å²) in [5.41, 5.74) is 4.22. The van der Waals surface area contributed by atoms with Crippen LogP contribution >= 0.6 is 0 Å². The molecule has 2 aromatic rings. The third-order valence-electron chi connectivity index (χ3n) is 3.00. The Labute approximate surface area is 127 Å². The number of nitrogens with zero attached hydrogens (tertiary/aromatic N) is 2. The molecule has 0 aliphatic heterocycles. The number of methoxy groups -OCH3 is 1. The summed E-state index contributed by atoms with van der Waals surface area (Å²) in [5.74, 6) is 0.667. The fourth-order valence-electron chi connectivity index (χ4n) is 1.83. The van der Waals surface area contributed by atoms with Crippen LogP contribution in [0.1, 0.15) is 12.5 Å². The number of ether oxygens (including phenoxy) is 1. The van der Waals surface area contributed by atoms with Gasteiger partial charge in [0.15, 0.2) is 0 Å². The summed E-state index contributed by atoms with van der Waals surface area (Å²) in [4.78, 5) is 10.2. The average Bonchev–Trinajstić information content (AvgIpc) is 2.53. The van der Waals surface area contributed by atoms with Gasteiger partial charge in [-0.1, -0.05) is 6.07 Å². The van der Waals surface area contributed by atoms with Crippen LogP contribution in [0, 0.1) is 10.1 Å². The number of benzene rings is 2. The van der Waals surface area contributed by atoms with E-state index >= 15 is 0 Å². The molecular formula is C15H15N3O4. The summed E-state index contributed by atoms with van der Waals surface area (Å²) in [6.07, 6.45) is 0. The van der Waals surface area contributed by atoms with Crippen LogP contribution in [0.15, 0.2) is 47.6 Å². The summed E-state index contributed by atoms with van der Waals surface area (Å²) in [6, 6.07) is 10.8. The molecule has 0 atom stereocenters. The van der Waals surface area contributed by atoms with Crippen molar-refractivity contribution in [1.29, 1.82) is 0 Å². The lowest BCUT2D eigenvalue weighted by atomic mass is 10.1. The number of hydrogen-bond donors (Lipinski definition) is 2. The fraction of sp³-hybridized carbons (Fsp3) is 0.133. The van der Waals surface area contributed by atoms with Crippen molar-refractivity contribution in [1.82, 2.24) is 0 Å². The van der Waals surface area contributed by atoms with Crippen LogP contribution in [-0.2, 0) is 0 Å². The molecule has 0 saturated heterocycles. The number of hydrogen-bond acceptors (Lipinski definition) is 6. The Balaban J connectivity index is 2.23. The summed E-state index contributed by atoms with van der Waals surface area (Å²) in [5, 5.41) is 24.7. The molecule has 0 fully saturated rings. The van der Waals surface area contributed by atoms with Crippen molar-refractivity contribution in [2.75, 3.05) is 12.5 Å². The van der Waals surface area contributed by atoms with Crippen molar-refractivity contribution >= 4 is 17.1 Å². The highest BCUT2D eigenvalue weighted by Gasteiger charge is 2.08. The van der Waals surface area contributed by atoms with E-state index in [1.54, 1.807) is 31.2 Å². The lowest BCUT2D eigenvalue weighted by Gasteiger charge is -2.07. The Hall–Kier alpha value is -3.09. The topological polar surface area (TPSA) is 97.0 Å². The third-order valence-corrected chi connectivity index (χ3v) is 3.00. The number of phenolic OH excluding ortho intramolecular Hbond substituents is 1. The van der Waals surface area contributed by atoms with Gasteiger partial charge in [0.2, 0.25) is 0 Å². The highest BCUT2D eigenvalue weighted by atomic mass is 16.6. The van der Waals surface area contributed by atoms with Gasteiger partial charge >= 0.3 is 0 Å². The molecule has 0 unspecified atom stereocenters. The molecule has 2 N–H and O–H groups in total. The van der Waals surface area contributed by atoms with Gasteiger partial charge in [-0.3, -0.25) is 15.5 Å². The van der Waals surface area contributed by atoms with E-state index < -0.39 is 4.92 Å². The number of nitro benzene ring substituents is 1. The van der Waals surface area contributed by atoms with Crippen LogP contribution in [0.5, 0.6) is 11.5 Å². The van der Waals surface area contributed by atoms with E-state index in [-0.39, 0.29) is 11.4 Å². The smallest absolute Gasteiger partial charge is 0.271 e. The third kappa shape index (κ3) is 3.51. The first-order valence-corrected chi connectivity index (χ1v) is 6.43. The number of rotatable bonds is 5. The molecule has 7 nitrogen and oxygen atoms in total. The molecule has 0 spiro atoms. The van der Waals surface area contributed by atoms with Crippen LogP contribution in [-0.4, -0.2) is 22.9 Å². The van der Waals surface area contributed by atoms with Crippen molar-refractivity contribution in [2.45, 2.75) is 6.92 Å². The number of non-ortho nitro benzene ring substituents is 1. The van der Waals surface area contributed by atoms with Crippen LogP contribution in [0.3, 0.4) is 0 Å². The molecule has 0 aromatic heterocycles. The Kier molecular flexibility index (Phi) is 4.57. The number of anilines is 1. The van der Waals surface area contributed by atoms with E-state index in [0.717, 1.165) is 0 Å². The number of phenols is 1. The Morgan fingerprint density at radius 1 is 1.32 bits per heavy atom. The van der Waals surface area contributed by atoms with E-state index in [0.29, 0.717) is 22.7 Å². The molecule has 0 radical (unpaired) electrons. The highest BCUT2D eigenvalue weighted by Crippen LogP contribution is 2.24. The SMILES string of the molecule is COc1ccc(O)c(/C(C)=N/Nc2cccc([N+](=O)[O-])c2)c1. The largest absolute Gasteiger partial charge is 0.507 e. The maximum Gasteiger partial charge on any atom is 0.271 e. The van der Waals surface area contributed by atoms with Gasteiger partial charge < -0.3 is 9.84 Å². The standard InChI is InChI=1S/C15H15N3O4/c1-10(14-9-13(22-2)6-7-15(14)19)16-17-11-4-3-5-12(8-11)18(20)21/h3-9,17,19H,1-2H3/b16-10+. The molecule has 0 heterocycles. The van der Waals surface area contributed by atoms with E-state index in [2.05, 4.69) is 10.5 Å². The molecule has 7 heteroatoms. The van der Waals surface area contributed by atoms with Crippen LogP contribution < -0.4 is 10.2 Å². The second kappa shape index (κ2) is 6.57. The first-order valence-electron chi connectivity index (χ1n) is 6.43. The maximum absolute atomic E-state index is 10.7. The minimum Gasteiger partial charge on any atom is -0.507 e. The molecule has 0 aliphatic carbocycles. The predicted octanol–water partition coefficient (Wildman–Crippen LogP) is 3.15. The Morgan fingerprint density at radius 2 is 2.09 bits per heavy atom. The van der Waals surface area contributed by atoms with Crippen molar-refractivity contribution in [3.63, 3.8) is 0 Å². The van der Waals surface area contributed by atoms with Crippen LogP contribution in [0.4, 0.5) is 11.4 Å². The zero-order valence-corrected chi connectivity index (χ0v) is 12.1. The van der Waals surface area contributed by atoms with Crippen LogP contribution in [0.25, 0.3) is 0 Å². The lowest BCUT2D eigenvalue weighted by molar-refractivity contribution is -0.384. The minimum absolute atomic E-state index is 0.0259. The Morgan fingerprint density at radius 3 is 2.77 bits per heavy atom. The second-order valence-corrected chi connectivity index (χ2v) is 4.50. The molecule has 0 amide bonds. The monoisotopic (exact) mass is 301 g/mol. The number of nitrogens with one attached hydrogen (secondary N) is 1. The molecular weight excluding hydrogens is 286 g/mol. The molecule has 0 saturated carbocycles. The van der Waals surface area contributed by atoms with E-state index in [9.17, 15) is 15.2 Å². The van der Waals surface area contributed by atoms with Gasteiger partial charge in [0, 0.05) is 17.7 Å². The molecule has 0 bridgehead atoms. The number of nitro groups is 1. The van der Waals surface area contributed by atoms with Crippen molar-refractivity contribution in [3.8, 4) is 11.5 Å². The molecule has 0 aliphatic rings. The molecule has 2 aromatic carbocycles. The highest BCUT2D eigenvalue weighted by molar-refractivity contribution is 6.01. The van der Waals surface area contributed by atoms with Crippen molar-refractivity contribution < 1.29 is 14.8 Å². The van der Waals surface area contributed by atoms with Crippen molar-refractivity contribution in [3.05, 3.63) is 58.1 Å². The summed E-state index contributed by atoms with van der Waals surface area (Å²) < 4.78 is 5.10. The number of hydrazone groups is 1. The second-order valence-electron chi connectivity index (χ2n) is 4.50. The Bertz CT molecular complexity index is 728. The van der Waals surface area contributed by atoms with Crippen molar-refractivity contribution in [2.24, 2.45) is 5.10 Å². The first kappa shape index (κ1) is 15.3. The van der Waals surface area contributed by atoms with E-state index in [1.165, 1.54) is 25.3 Å². The fourth-order valence-corrected chi connectivity index (χ4v) is 1.83. The van der Waals surface area contributed by atoms with Gasteiger partial charge in [-0.2, -0.15) is 5.10 Å². The minimum atomic E-state index is -0.477. The summed E-state index contributed by atoms with van der Waals surface area (Å²) in [6.45, 7) is 1.71. The summed E-state index contributed by atoms with van der Waals surface area (Å²) in [7, 11) is 1.53. The van der Waals surface area contributed by atoms with Gasteiger partial charge in [0.05, 0.1) is 23.4 Å². The van der Waals surface area contributed by atoms with E-state index in [1.807, 2.05) is 0 Å². The molecule has 2 rings (SSSR count). The lowest BCUT2D eigenvalue weighted by Crippen LogP contribution is -2.01.